The standard InChI is InChI=1S/C10H11BrO3/c1-7(6-10(12)13)14-9-5-3-2-4-8(9)11/h2-5,7H,6H2,1H3,(H,12,13). The van der Waals surface area contributed by atoms with Crippen LogP contribution in [0.3, 0.4) is 0 Å². The molecule has 0 amide bonds. The average Bonchev–Trinajstić information content (AvgIpc) is 2.07. The monoisotopic (exact) mass is 258 g/mol. The molecule has 3 nitrogen and oxygen atoms in total. The molecule has 0 radical (unpaired) electrons. The summed E-state index contributed by atoms with van der Waals surface area (Å²) in [6.45, 7) is 1.73. The van der Waals surface area contributed by atoms with Crippen molar-refractivity contribution in [3.8, 4) is 5.75 Å². The molecule has 0 aliphatic carbocycles. The van der Waals surface area contributed by atoms with Crippen molar-refractivity contribution in [2.45, 2.75) is 19.4 Å². The van der Waals surface area contributed by atoms with Crippen molar-refractivity contribution in [2.24, 2.45) is 0 Å². The Bertz CT molecular complexity index is 325. The third-order valence-electron chi connectivity index (χ3n) is 1.63. The molecule has 1 rings (SSSR count). The number of halogens is 1. The number of para-hydroxylation sites is 1. The molecule has 76 valence electrons. The Balaban J connectivity index is 2.60. The van der Waals surface area contributed by atoms with Gasteiger partial charge in [-0.3, -0.25) is 4.79 Å². The molecule has 0 saturated carbocycles. The van der Waals surface area contributed by atoms with Gasteiger partial charge in [-0.25, -0.2) is 0 Å². The molecule has 0 bridgehead atoms. The van der Waals surface area contributed by atoms with Gasteiger partial charge in [0.2, 0.25) is 0 Å². The molecule has 4 heteroatoms. The van der Waals surface area contributed by atoms with E-state index in [4.69, 9.17) is 9.84 Å². The highest BCUT2D eigenvalue weighted by atomic mass is 79.9. The van der Waals surface area contributed by atoms with Crippen LogP contribution in [0.4, 0.5) is 0 Å². The molecule has 0 aromatic heterocycles. The van der Waals surface area contributed by atoms with E-state index < -0.39 is 5.97 Å². The maximum Gasteiger partial charge on any atom is 0.307 e. The molecule has 1 aromatic carbocycles. The van der Waals surface area contributed by atoms with E-state index >= 15 is 0 Å². The van der Waals surface area contributed by atoms with Crippen LogP contribution in [-0.4, -0.2) is 17.2 Å². The molecule has 0 aliphatic rings. The van der Waals surface area contributed by atoms with Crippen molar-refractivity contribution in [1.29, 1.82) is 0 Å². The predicted molar refractivity (Wildman–Crippen MR) is 56.5 cm³/mol. The summed E-state index contributed by atoms with van der Waals surface area (Å²) in [6.07, 6.45) is -0.326. The molecule has 1 aromatic rings. The fourth-order valence-corrected chi connectivity index (χ4v) is 1.42. The van der Waals surface area contributed by atoms with Crippen LogP contribution in [0.2, 0.25) is 0 Å². The van der Waals surface area contributed by atoms with Crippen molar-refractivity contribution in [3.63, 3.8) is 0 Å². The molecule has 0 spiro atoms. The first-order chi connectivity index (χ1) is 6.59. The number of carbonyl (C=O) groups is 1. The van der Waals surface area contributed by atoms with Crippen LogP contribution in [0.25, 0.3) is 0 Å². The number of rotatable bonds is 4. The van der Waals surface area contributed by atoms with Crippen LogP contribution in [0, 0.1) is 0 Å². The minimum atomic E-state index is -0.857. The second-order valence-electron chi connectivity index (χ2n) is 2.96. The lowest BCUT2D eigenvalue weighted by atomic mass is 10.3. The number of carboxylic acids is 1. The van der Waals surface area contributed by atoms with Gasteiger partial charge >= 0.3 is 5.97 Å². The van der Waals surface area contributed by atoms with Crippen LogP contribution in [0.5, 0.6) is 5.75 Å². The number of ether oxygens (including phenoxy) is 1. The fourth-order valence-electron chi connectivity index (χ4n) is 1.04. The van der Waals surface area contributed by atoms with Gasteiger partial charge in [-0.2, -0.15) is 0 Å². The van der Waals surface area contributed by atoms with Gasteiger partial charge in [0.05, 0.1) is 10.9 Å². The Morgan fingerprint density at radius 3 is 2.79 bits per heavy atom. The molecule has 0 saturated heterocycles. The van der Waals surface area contributed by atoms with Gasteiger partial charge in [0, 0.05) is 0 Å². The summed E-state index contributed by atoms with van der Waals surface area (Å²) in [5, 5.41) is 8.54. The number of aliphatic carboxylic acids is 1. The van der Waals surface area contributed by atoms with Crippen LogP contribution in [0.15, 0.2) is 28.7 Å². The van der Waals surface area contributed by atoms with Crippen LogP contribution < -0.4 is 4.74 Å². The fraction of sp³-hybridized carbons (Fsp3) is 0.300. The summed E-state index contributed by atoms with van der Waals surface area (Å²) in [5.74, 6) is -0.189. The third kappa shape index (κ3) is 3.38. The molecule has 1 unspecified atom stereocenters. The maximum absolute atomic E-state index is 10.4. The van der Waals surface area contributed by atoms with Gasteiger partial charge < -0.3 is 9.84 Å². The first-order valence-electron chi connectivity index (χ1n) is 4.22. The minimum Gasteiger partial charge on any atom is -0.489 e. The summed E-state index contributed by atoms with van der Waals surface area (Å²) in [7, 11) is 0. The van der Waals surface area contributed by atoms with Gasteiger partial charge in [0.25, 0.3) is 0 Å². The van der Waals surface area contributed by atoms with Crippen molar-refractivity contribution in [3.05, 3.63) is 28.7 Å². The van der Waals surface area contributed by atoms with E-state index in [9.17, 15) is 4.79 Å². The van der Waals surface area contributed by atoms with E-state index in [1.165, 1.54) is 0 Å². The summed E-state index contributed by atoms with van der Waals surface area (Å²) < 4.78 is 6.26. The molecule has 0 aliphatic heterocycles. The second kappa shape index (κ2) is 5.00. The average molecular weight is 259 g/mol. The summed E-state index contributed by atoms with van der Waals surface area (Å²) in [5.41, 5.74) is 0. The highest BCUT2D eigenvalue weighted by molar-refractivity contribution is 9.10. The lowest BCUT2D eigenvalue weighted by molar-refractivity contribution is -0.138. The van der Waals surface area contributed by atoms with Gasteiger partial charge in [-0.1, -0.05) is 12.1 Å². The van der Waals surface area contributed by atoms with Gasteiger partial charge in [0.1, 0.15) is 11.9 Å². The SMILES string of the molecule is CC(CC(=O)O)Oc1ccccc1Br. The van der Waals surface area contributed by atoms with Crippen LogP contribution >= 0.6 is 15.9 Å². The summed E-state index contributed by atoms with van der Waals surface area (Å²) in [6, 6.07) is 7.36. The van der Waals surface area contributed by atoms with E-state index in [0.717, 1.165) is 4.47 Å². The summed E-state index contributed by atoms with van der Waals surface area (Å²) >= 11 is 3.32. The van der Waals surface area contributed by atoms with Crippen molar-refractivity contribution in [1.82, 2.24) is 0 Å². The smallest absolute Gasteiger partial charge is 0.307 e. The largest absolute Gasteiger partial charge is 0.489 e. The Kier molecular flexibility index (Phi) is 3.95. The molecule has 1 N–H and O–H groups in total. The predicted octanol–water partition coefficient (Wildman–Crippen LogP) is 2.69. The zero-order valence-electron chi connectivity index (χ0n) is 7.74. The number of carboxylic acid groups (broad SMARTS) is 1. The summed E-state index contributed by atoms with van der Waals surface area (Å²) in [4.78, 5) is 10.4. The molecule has 0 heterocycles. The van der Waals surface area contributed by atoms with Crippen molar-refractivity contribution < 1.29 is 14.6 Å². The first kappa shape index (κ1) is 11.0. The third-order valence-corrected chi connectivity index (χ3v) is 2.28. The van der Waals surface area contributed by atoms with Crippen LogP contribution in [0.1, 0.15) is 13.3 Å². The Labute approximate surface area is 90.8 Å². The lowest BCUT2D eigenvalue weighted by Crippen LogP contribution is -2.16. The highest BCUT2D eigenvalue weighted by Gasteiger charge is 2.10. The van der Waals surface area contributed by atoms with Crippen molar-refractivity contribution >= 4 is 21.9 Å². The van der Waals surface area contributed by atoms with E-state index in [-0.39, 0.29) is 12.5 Å². The molecular formula is C10H11BrO3. The van der Waals surface area contributed by atoms with Gasteiger partial charge in [0.15, 0.2) is 0 Å². The molecular weight excluding hydrogens is 248 g/mol. The molecule has 14 heavy (non-hydrogen) atoms. The van der Waals surface area contributed by atoms with Gasteiger partial charge in [-0.15, -0.1) is 0 Å². The quantitative estimate of drug-likeness (QED) is 0.904. The van der Waals surface area contributed by atoms with E-state index in [1.807, 2.05) is 18.2 Å². The molecule has 1 atom stereocenters. The zero-order chi connectivity index (χ0) is 10.6. The van der Waals surface area contributed by atoms with E-state index in [0.29, 0.717) is 5.75 Å². The normalized spacial score (nSPS) is 12.1. The Morgan fingerprint density at radius 2 is 2.21 bits per heavy atom. The highest BCUT2D eigenvalue weighted by Crippen LogP contribution is 2.25. The van der Waals surface area contributed by atoms with E-state index in [2.05, 4.69) is 15.9 Å². The topological polar surface area (TPSA) is 46.5 Å². The minimum absolute atomic E-state index is 0.00132. The Hall–Kier alpha value is -1.03. The second-order valence-corrected chi connectivity index (χ2v) is 3.81. The Morgan fingerprint density at radius 1 is 1.57 bits per heavy atom. The zero-order valence-corrected chi connectivity index (χ0v) is 9.32. The number of benzene rings is 1. The van der Waals surface area contributed by atoms with Gasteiger partial charge in [-0.05, 0) is 35.0 Å². The number of hydrogen-bond donors (Lipinski definition) is 1. The number of hydrogen-bond acceptors (Lipinski definition) is 2. The van der Waals surface area contributed by atoms with Crippen molar-refractivity contribution in [2.75, 3.05) is 0 Å². The molecule has 0 fully saturated rings. The van der Waals surface area contributed by atoms with Crippen LogP contribution in [-0.2, 0) is 4.79 Å². The maximum atomic E-state index is 10.4. The lowest BCUT2D eigenvalue weighted by Gasteiger charge is -2.13. The van der Waals surface area contributed by atoms with E-state index in [1.54, 1.807) is 13.0 Å². The first-order valence-corrected chi connectivity index (χ1v) is 5.02.